The Labute approximate surface area is 143 Å². The first-order valence-corrected chi connectivity index (χ1v) is 8.98. The summed E-state index contributed by atoms with van der Waals surface area (Å²) in [5, 5.41) is 16.4. The number of likely N-dealkylation sites (tertiary alicyclic amines) is 1. The van der Waals surface area contributed by atoms with Crippen molar-refractivity contribution in [2.45, 2.75) is 25.5 Å². The van der Waals surface area contributed by atoms with Crippen molar-refractivity contribution in [3.8, 4) is 11.6 Å². The highest BCUT2D eigenvalue weighted by atomic mass is 32.1. The number of furan rings is 1. The van der Waals surface area contributed by atoms with E-state index in [9.17, 15) is 5.11 Å². The van der Waals surface area contributed by atoms with Gasteiger partial charge in [-0.05, 0) is 55.4 Å². The molecule has 0 amide bonds. The van der Waals surface area contributed by atoms with Gasteiger partial charge in [-0.15, -0.1) is 11.3 Å². The van der Waals surface area contributed by atoms with Crippen LogP contribution in [-0.2, 0) is 6.54 Å². The molecule has 6 nitrogen and oxygen atoms in total. The zero-order valence-corrected chi connectivity index (χ0v) is 14.0. The average molecular weight is 345 g/mol. The summed E-state index contributed by atoms with van der Waals surface area (Å²) in [5.41, 5.74) is 0. The summed E-state index contributed by atoms with van der Waals surface area (Å²) in [5.74, 6) is 2.01. The number of piperidine rings is 1. The average Bonchev–Trinajstić information content (AvgIpc) is 3.36. The number of thiophene rings is 1. The van der Waals surface area contributed by atoms with Gasteiger partial charge in [0.1, 0.15) is 0 Å². The third-order valence-corrected chi connectivity index (χ3v) is 5.42. The number of hydrogen-bond acceptors (Lipinski definition) is 7. The van der Waals surface area contributed by atoms with Crippen molar-refractivity contribution in [1.82, 2.24) is 15.0 Å². The van der Waals surface area contributed by atoms with Crippen LogP contribution >= 0.6 is 11.3 Å². The Bertz CT molecular complexity index is 746. The molecule has 7 heteroatoms. The highest BCUT2D eigenvalue weighted by Gasteiger charge is 2.27. The van der Waals surface area contributed by atoms with Crippen molar-refractivity contribution >= 4 is 11.3 Å². The summed E-state index contributed by atoms with van der Waals surface area (Å²) in [6.45, 7) is 2.48. The smallest absolute Gasteiger partial charge is 0.241 e. The van der Waals surface area contributed by atoms with E-state index < -0.39 is 0 Å². The lowest BCUT2D eigenvalue weighted by Gasteiger charge is -2.33. The fourth-order valence-corrected chi connectivity index (χ4v) is 3.94. The maximum atomic E-state index is 10.5. The van der Waals surface area contributed by atoms with Crippen molar-refractivity contribution in [3.63, 3.8) is 0 Å². The molecule has 0 saturated carbocycles. The second-order valence-corrected chi connectivity index (χ2v) is 7.04. The molecule has 3 aromatic rings. The predicted molar refractivity (Wildman–Crippen MR) is 89.3 cm³/mol. The molecule has 1 aliphatic rings. The van der Waals surface area contributed by atoms with Gasteiger partial charge in [0.15, 0.2) is 5.76 Å². The summed E-state index contributed by atoms with van der Waals surface area (Å²) in [6.07, 6.45) is 3.19. The van der Waals surface area contributed by atoms with Crippen molar-refractivity contribution in [2.24, 2.45) is 5.92 Å². The SMILES string of the molecule is OC(c1cccs1)C1CCN(Cc2nc(-c3ccco3)no2)CC1. The standard InChI is InChI=1S/C17H19N3O3S/c21-16(14-4-2-10-24-14)12-5-7-20(8-6-12)11-15-18-17(19-23-15)13-3-1-9-22-13/h1-4,9-10,12,16,21H,5-8,11H2. The van der Waals surface area contributed by atoms with Crippen molar-refractivity contribution in [2.75, 3.05) is 13.1 Å². The van der Waals surface area contributed by atoms with E-state index in [1.54, 1.807) is 23.7 Å². The van der Waals surface area contributed by atoms with Gasteiger partial charge in [-0.3, -0.25) is 4.90 Å². The molecule has 4 heterocycles. The Balaban J connectivity index is 1.32. The van der Waals surface area contributed by atoms with E-state index in [0.717, 1.165) is 30.8 Å². The van der Waals surface area contributed by atoms with Crippen LogP contribution in [0.1, 0.15) is 29.7 Å². The molecule has 1 atom stereocenters. The van der Waals surface area contributed by atoms with Crippen LogP contribution in [0.3, 0.4) is 0 Å². The first-order chi connectivity index (χ1) is 11.8. The molecule has 1 saturated heterocycles. The molecule has 0 bridgehead atoms. The molecule has 1 aliphatic heterocycles. The van der Waals surface area contributed by atoms with E-state index in [-0.39, 0.29) is 6.10 Å². The number of rotatable bonds is 5. The topological polar surface area (TPSA) is 75.5 Å². The van der Waals surface area contributed by atoms with Crippen LogP contribution < -0.4 is 0 Å². The maximum Gasteiger partial charge on any atom is 0.241 e. The van der Waals surface area contributed by atoms with Crippen LogP contribution in [0.25, 0.3) is 11.6 Å². The Morgan fingerprint density at radius 1 is 1.29 bits per heavy atom. The van der Waals surface area contributed by atoms with Gasteiger partial charge in [-0.1, -0.05) is 11.2 Å². The molecular weight excluding hydrogens is 326 g/mol. The third-order valence-electron chi connectivity index (χ3n) is 4.48. The second-order valence-electron chi connectivity index (χ2n) is 6.06. The van der Waals surface area contributed by atoms with Crippen molar-refractivity contribution in [3.05, 3.63) is 46.7 Å². The highest BCUT2D eigenvalue weighted by Crippen LogP contribution is 2.33. The molecule has 126 valence electrons. The number of hydrogen-bond donors (Lipinski definition) is 1. The van der Waals surface area contributed by atoms with E-state index in [1.807, 2.05) is 23.6 Å². The number of aliphatic hydroxyl groups is 1. The lowest BCUT2D eigenvalue weighted by atomic mass is 9.90. The molecule has 0 aliphatic carbocycles. The molecule has 0 spiro atoms. The fourth-order valence-electron chi connectivity index (χ4n) is 3.13. The molecule has 24 heavy (non-hydrogen) atoms. The summed E-state index contributed by atoms with van der Waals surface area (Å²) in [7, 11) is 0. The van der Waals surface area contributed by atoms with Gasteiger partial charge in [-0.2, -0.15) is 4.98 Å². The number of aliphatic hydroxyl groups excluding tert-OH is 1. The molecule has 1 N–H and O–H groups in total. The Kier molecular flexibility index (Phi) is 4.46. The molecular formula is C17H19N3O3S. The lowest BCUT2D eigenvalue weighted by molar-refractivity contribution is 0.0560. The van der Waals surface area contributed by atoms with Gasteiger partial charge in [0.05, 0.1) is 18.9 Å². The lowest BCUT2D eigenvalue weighted by Crippen LogP contribution is -2.35. The van der Waals surface area contributed by atoms with Crippen LogP contribution in [0, 0.1) is 5.92 Å². The zero-order valence-electron chi connectivity index (χ0n) is 13.2. The minimum Gasteiger partial charge on any atom is -0.461 e. The quantitative estimate of drug-likeness (QED) is 0.764. The van der Waals surface area contributed by atoms with Crippen molar-refractivity contribution in [1.29, 1.82) is 0 Å². The van der Waals surface area contributed by atoms with Crippen LogP contribution in [0.5, 0.6) is 0 Å². The normalized spacial score (nSPS) is 18.0. The molecule has 4 rings (SSSR count). The summed E-state index contributed by atoms with van der Waals surface area (Å²) >= 11 is 1.62. The molecule has 0 aromatic carbocycles. The van der Waals surface area contributed by atoms with Gasteiger partial charge in [0.2, 0.25) is 11.7 Å². The minimum atomic E-state index is -0.346. The summed E-state index contributed by atoms with van der Waals surface area (Å²) in [6, 6.07) is 7.61. The fraction of sp³-hybridized carbons (Fsp3) is 0.412. The van der Waals surface area contributed by atoms with Crippen LogP contribution in [0.4, 0.5) is 0 Å². The Morgan fingerprint density at radius 2 is 2.17 bits per heavy atom. The van der Waals surface area contributed by atoms with E-state index >= 15 is 0 Å². The van der Waals surface area contributed by atoms with Gasteiger partial charge < -0.3 is 14.0 Å². The molecule has 3 aromatic heterocycles. The Morgan fingerprint density at radius 3 is 2.88 bits per heavy atom. The molecule has 0 radical (unpaired) electrons. The summed E-state index contributed by atoms with van der Waals surface area (Å²) < 4.78 is 10.6. The van der Waals surface area contributed by atoms with Gasteiger partial charge >= 0.3 is 0 Å². The largest absolute Gasteiger partial charge is 0.461 e. The minimum absolute atomic E-state index is 0.321. The highest BCUT2D eigenvalue weighted by molar-refractivity contribution is 7.10. The van der Waals surface area contributed by atoms with Gasteiger partial charge in [0, 0.05) is 4.88 Å². The monoisotopic (exact) mass is 345 g/mol. The zero-order chi connectivity index (χ0) is 16.4. The van der Waals surface area contributed by atoms with Crippen LogP contribution in [-0.4, -0.2) is 33.2 Å². The second kappa shape index (κ2) is 6.88. The van der Waals surface area contributed by atoms with Gasteiger partial charge in [0.25, 0.3) is 0 Å². The van der Waals surface area contributed by atoms with Crippen molar-refractivity contribution < 1.29 is 14.0 Å². The predicted octanol–water partition coefficient (Wildman–Crippen LogP) is 3.34. The van der Waals surface area contributed by atoms with E-state index in [0.29, 0.717) is 29.9 Å². The molecule has 1 fully saturated rings. The van der Waals surface area contributed by atoms with E-state index in [4.69, 9.17) is 8.94 Å². The summed E-state index contributed by atoms with van der Waals surface area (Å²) in [4.78, 5) is 7.73. The molecule has 1 unspecified atom stereocenters. The maximum absolute atomic E-state index is 10.5. The Hall–Kier alpha value is -1.96. The first kappa shape index (κ1) is 15.6. The number of aromatic nitrogens is 2. The van der Waals surface area contributed by atoms with E-state index in [1.165, 1.54) is 0 Å². The van der Waals surface area contributed by atoms with Gasteiger partial charge in [-0.25, -0.2) is 0 Å². The number of nitrogens with zero attached hydrogens (tertiary/aromatic N) is 3. The third kappa shape index (κ3) is 3.28. The van der Waals surface area contributed by atoms with E-state index in [2.05, 4.69) is 15.0 Å². The first-order valence-electron chi connectivity index (χ1n) is 8.10. The van der Waals surface area contributed by atoms with Crippen LogP contribution in [0.15, 0.2) is 44.8 Å². The van der Waals surface area contributed by atoms with Crippen LogP contribution in [0.2, 0.25) is 0 Å².